The van der Waals surface area contributed by atoms with Gasteiger partial charge < -0.3 is 10.5 Å². The van der Waals surface area contributed by atoms with Crippen LogP contribution in [0.3, 0.4) is 0 Å². The number of carbonyl (C=O) groups excluding carboxylic acids is 1. The van der Waals surface area contributed by atoms with Gasteiger partial charge in [0.15, 0.2) is 5.78 Å². The molecule has 0 atom stereocenters. The highest BCUT2D eigenvalue weighted by molar-refractivity contribution is 6.11. The number of nitrogen functional groups attached to an aromatic ring is 1. The molecule has 0 fully saturated rings. The van der Waals surface area contributed by atoms with E-state index in [2.05, 4.69) is 0 Å². The van der Waals surface area contributed by atoms with Crippen molar-refractivity contribution in [2.45, 2.75) is 6.92 Å². The topological polar surface area (TPSA) is 74.3 Å². The standard InChI is InChI=1S/C21H17F2N2O3/c1-2-11-28-15-6-4-14(5-7-15)25-19(26)10-9-17(21(25)24)20(27)16-8-3-13(22)12-18(16)23/h2-10,12H,11,24H2,1H3. The number of hydrogen-bond acceptors (Lipinski definition) is 4. The lowest BCUT2D eigenvalue weighted by molar-refractivity contribution is 0.103. The molecule has 143 valence electrons. The number of halogens is 2. The minimum atomic E-state index is -1.00. The van der Waals surface area contributed by atoms with Crippen molar-refractivity contribution in [2.24, 2.45) is 0 Å². The second-order valence-corrected chi connectivity index (χ2v) is 5.97. The molecule has 28 heavy (non-hydrogen) atoms. The molecule has 0 saturated heterocycles. The maximum atomic E-state index is 14.0. The summed E-state index contributed by atoms with van der Waals surface area (Å²) in [6.07, 6.45) is 1.85. The average molecular weight is 383 g/mol. The first-order chi connectivity index (χ1) is 13.4. The predicted octanol–water partition coefficient (Wildman–Crippen LogP) is 3.53. The third-order valence-electron chi connectivity index (χ3n) is 4.06. The van der Waals surface area contributed by atoms with Crippen molar-refractivity contribution in [3.63, 3.8) is 0 Å². The summed E-state index contributed by atoms with van der Waals surface area (Å²) in [6, 6.07) is 11.6. The van der Waals surface area contributed by atoms with Gasteiger partial charge in [0.05, 0.1) is 23.4 Å². The van der Waals surface area contributed by atoms with E-state index < -0.39 is 23.0 Å². The van der Waals surface area contributed by atoms with Gasteiger partial charge in [-0.1, -0.05) is 6.92 Å². The Morgan fingerprint density at radius 1 is 1.07 bits per heavy atom. The molecule has 0 aliphatic heterocycles. The Hall–Kier alpha value is -3.48. The maximum absolute atomic E-state index is 14.0. The smallest absolute Gasteiger partial charge is 0.256 e. The monoisotopic (exact) mass is 383 g/mol. The molecule has 0 unspecified atom stereocenters. The second-order valence-electron chi connectivity index (χ2n) is 5.97. The molecule has 7 heteroatoms. The summed E-state index contributed by atoms with van der Waals surface area (Å²) in [7, 11) is 0. The molecule has 2 N–H and O–H groups in total. The number of pyridine rings is 1. The summed E-state index contributed by atoms with van der Waals surface area (Å²) in [6.45, 7) is 2.30. The molecule has 0 amide bonds. The summed E-state index contributed by atoms with van der Waals surface area (Å²) in [5.74, 6) is -2.08. The molecular weight excluding hydrogens is 366 g/mol. The van der Waals surface area contributed by atoms with E-state index in [1.165, 1.54) is 12.1 Å². The third kappa shape index (κ3) is 3.78. The first-order valence-corrected chi connectivity index (χ1v) is 8.44. The Labute approximate surface area is 160 Å². The Kier molecular flexibility index (Phi) is 5.54. The van der Waals surface area contributed by atoms with Crippen molar-refractivity contribution in [3.8, 4) is 11.4 Å². The van der Waals surface area contributed by atoms with Crippen LogP contribution >= 0.6 is 0 Å². The van der Waals surface area contributed by atoms with E-state index in [1.807, 2.05) is 13.3 Å². The molecule has 1 radical (unpaired) electrons. The van der Waals surface area contributed by atoms with Crippen molar-refractivity contribution in [1.82, 2.24) is 4.57 Å². The summed E-state index contributed by atoms with van der Waals surface area (Å²) in [5, 5.41) is 0. The van der Waals surface area contributed by atoms with E-state index in [0.29, 0.717) is 24.1 Å². The van der Waals surface area contributed by atoms with Gasteiger partial charge in [-0.25, -0.2) is 8.78 Å². The number of nitrogens with two attached hydrogens (primary N) is 1. The number of rotatable bonds is 6. The van der Waals surface area contributed by atoms with Gasteiger partial charge in [0.2, 0.25) is 0 Å². The summed E-state index contributed by atoms with van der Waals surface area (Å²) >= 11 is 0. The van der Waals surface area contributed by atoms with E-state index in [1.54, 1.807) is 24.3 Å². The Balaban J connectivity index is 2.03. The molecule has 0 aliphatic carbocycles. The number of nitrogens with zero attached hydrogens (tertiary/aromatic N) is 1. The fourth-order valence-electron chi connectivity index (χ4n) is 2.70. The molecule has 2 aromatic carbocycles. The van der Waals surface area contributed by atoms with Gasteiger partial charge in [0.25, 0.3) is 5.56 Å². The molecule has 0 aliphatic rings. The minimum Gasteiger partial charge on any atom is -0.493 e. The van der Waals surface area contributed by atoms with Gasteiger partial charge in [-0.3, -0.25) is 14.2 Å². The second kappa shape index (κ2) is 8.04. The zero-order valence-corrected chi connectivity index (χ0v) is 15.0. The van der Waals surface area contributed by atoms with Gasteiger partial charge in [0.1, 0.15) is 23.2 Å². The lowest BCUT2D eigenvalue weighted by Crippen LogP contribution is -2.23. The van der Waals surface area contributed by atoms with Gasteiger partial charge >= 0.3 is 0 Å². The predicted molar refractivity (Wildman–Crippen MR) is 102 cm³/mol. The van der Waals surface area contributed by atoms with Crippen LogP contribution in [0.4, 0.5) is 14.6 Å². The molecular formula is C21H17F2N2O3. The Bertz CT molecular complexity index is 1080. The summed E-state index contributed by atoms with van der Waals surface area (Å²) in [4.78, 5) is 25.0. The number of ketones is 1. The number of anilines is 1. The highest BCUT2D eigenvalue weighted by Gasteiger charge is 2.20. The van der Waals surface area contributed by atoms with E-state index in [9.17, 15) is 18.4 Å². The Morgan fingerprint density at radius 3 is 2.39 bits per heavy atom. The largest absolute Gasteiger partial charge is 0.493 e. The van der Waals surface area contributed by atoms with E-state index in [4.69, 9.17) is 10.5 Å². The fraction of sp³-hybridized carbons (Fsp3) is 0.0952. The van der Waals surface area contributed by atoms with Crippen LogP contribution in [0.2, 0.25) is 0 Å². The van der Waals surface area contributed by atoms with Crippen molar-refractivity contribution >= 4 is 11.6 Å². The average Bonchev–Trinajstić information content (AvgIpc) is 2.67. The lowest BCUT2D eigenvalue weighted by Gasteiger charge is -2.14. The summed E-state index contributed by atoms with van der Waals surface area (Å²) in [5.41, 5.74) is 5.63. The van der Waals surface area contributed by atoms with Crippen LogP contribution < -0.4 is 16.0 Å². The van der Waals surface area contributed by atoms with Gasteiger partial charge in [-0.2, -0.15) is 0 Å². The van der Waals surface area contributed by atoms with Crippen LogP contribution in [0.5, 0.6) is 5.75 Å². The lowest BCUT2D eigenvalue weighted by atomic mass is 10.0. The van der Waals surface area contributed by atoms with Crippen molar-refractivity contribution in [1.29, 1.82) is 0 Å². The van der Waals surface area contributed by atoms with Crippen molar-refractivity contribution in [2.75, 3.05) is 12.3 Å². The number of benzene rings is 2. The van der Waals surface area contributed by atoms with Crippen molar-refractivity contribution < 1.29 is 18.3 Å². The van der Waals surface area contributed by atoms with Crippen LogP contribution in [0.1, 0.15) is 22.8 Å². The summed E-state index contributed by atoms with van der Waals surface area (Å²) < 4.78 is 33.7. The molecule has 1 heterocycles. The number of aromatic nitrogens is 1. The fourth-order valence-corrected chi connectivity index (χ4v) is 2.70. The SMILES string of the molecule is C[CH]COc1ccc(-n2c(N)c(C(=O)c3ccc(F)cc3F)ccc2=O)cc1. The van der Waals surface area contributed by atoms with E-state index in [-0.39, 0.29) is 16.9 Å². The molecule has 1 aromatic heterocycles. The normalized spacial score (nSPS) is 10.7. The van der Waals surface area contributed by atoms with Crippen molar-refractivity contribution in [3.05, 3.63) is 94.1 Å². The third-order valence-corrected chi connectivity index (χ3v) is 4.06. The zero-order chi connectivity index (χ0) is 20.3. The highest BCUT2D eigenvalue weighted by atomic mass is 19.1. The van der Waals surface area contributed by atoms with Gasteiger partial charge in [-0.05, 0) is 48.9 Å². The zero-order valence-electron chi connectivity index (χ0n) is 15.0. The quantitative estimate of drug-likeness (QED) is 0.661. The molecule has 3 aromatic rings. The highest BCUT2D eigenvalue weighted by Crippen LogP contribution is 2.22. The minimum absolute atomic E-state index is 0.0639. The Morgan fingerprint density at radius 2 is 1.75 bits per heavy atom. The van der Waals surface area contributed by atoms with E-state index >= 15 is 0 Å². The number of hydrogen-bond donors (Lipinski definition) is 1. The molecule has 0 spiro atoms. The number of ether oxygens (including phenoxy) is 1. The van der Waals surface area contributed by atoms with Gasteiger partial charge in [0, 0.05) is 12.1 Å². The molecule has 5 nitrogen and oxygen atoms in total. The number of carbonyl (C=O) groups is 1. The van der Waals surface area contributed by atoms with Crippen LogP contribution in [-0.4, -0.2) is 17.0 Å². The van der Waals surface area contributed by atoms with Crippen LogP contribution in [0.15, 0.2) is 59.4 Å². The molecule has 0 saturated carbocycles. The van der Waals surface area contributed by atoms with Crippen LogP contribution in [-0.2, 0) is 0 Å². The van der Waals surface area contributed by atoms with E-state index in [0.717, 1.165) is 16.7 Å². The maximum Gasteiger partial charge on any atom is 0.256 e. The first-order valence-electron chi connectivity index (χ1n) is 8.44. The van der Waals surface area contributed by atoms with Crippen LogP contribution in [0.25, 0.3) is 5.69 Å². The molecule has 3 rings (SSSR count). The van der Waals surface area contributed by atoms with Crippen LogP contribution in [0, 0.1) is 18.1 Å². The molecule has 0 bridgehead atoms. The first kappa shape index (κ1) is 19.3. The van der Waals surface area contributed by atoms with Gasteiger partial charge in [-0.15, -0.1) is 0 Å².